The molecular formula is C14H26N2O2. The molecule has 1 saturated heterocycles. The molecular weight excluding hydrogens is 228 g/mol. The number of nitrogens with zero attached hydrogens (tertiary/aromatic N) is 1. The average molecular weight is 254 g/mol. The zero-order chi connectivity index (χ0) is 13.4. The van der Waals surface area contributed by atoms with Crippen molar-refractivity contribution in [1.29, 1.82) is 0 Å². The van der Waals surface area contributed by atoms with Crippen LogP contribution < -0.4 is 5.32 Å². The molecule has 2 amide bonds. The monoisotopic (exact) mass is 254 g/mol. The molecule has 1 aliphatic rings. The third-order valence-corrected chi connectivity index (χ3v) is 3.44. The summed E-state index contributed by atoms with van der Waals surface area (Å²) < 4.78 is 0. The summed E-state index contributed by atoms with van der Waals surface area (Å²) in [5.74, 6) is 0.325. The van der Waals surface area contributed by atoms with Crippen LogP contribution >= 0.6 is 0 Å². The maximum absolute atomic E-state index is 11.9. The molecule has 0 bridgehead atoms. The Morgan fingerprint density at radius 3 is 2.72 bits per heavy atom. The van der Waals surface area contributed by atoms with Crippen molar-refractivity contribution in [3.63, 3.8) is 0 Å². The third-order valence-electron chi connectivity index (χ3n) is 3.44. The summed E-state index contributed by atoms with van der Waals surface area (Å²) in [5, 5.41) is 2.93. The maximum Gasteiger partial charge on any atom is 0.224 e. The second-order valence-corrected chi connectivity index (χ2v) is 5.07. The van der Waals surface area contributed by atoms with Crippen LogP contribution in [0.2, 0.25) is 0 Å². The van der Waals surface area contributed by atoms with Crippen molar-refractivity contribution in [1.82, 2.24) is 10.2 Å². The van der Waals surface area contributed by atoms with Crippen LogP contribution in [0.15, 0.2) is 0 Å². The highest BCUT2D eigenvalue weighted by Gasteiger charge is 2.27. The first kappa shape index (κ1) is 15.0. The van der Waals surface area contributed by atoms with Gasteiger partial charge in [-0.15, -0.1) is 0 Å². The van der Waals surface area contributed by atoms with E-state index in [4.69, 9.17) is 0 Å². The molecule has 0 radical (unpaired) electrons. The smallest absolute Gasteiger partial charge is 0.224 e. The minimum atomic E-state index is -0.00382. The third kappa shape index (κ3) is 4.67. The molecule has 0 spiro atoms. The normalized spacial score (nSPS) is 19.7. The van der Waals surface area contributed by atoms with Gasteiger partial charge in [0.25, 0.3) is 0 Å². The van der Waals surface area contributed by atoms with Gasteiger partial charge in [-0.05, 0) is 25.7 Å². The van der Waals surface area contributed by atoms with Crippen LogP contribution in [0.4, 0.5) is 0 Å². The van der Waals surface area contributed by atoms with Crippen molar-refractivity contribution >= 4 is 11.8 Å². The van der Waals surface area contributed by atoms with E-state index in [2.05, 4.69) is 12.2 Å². The number of nitrogens with one attached hydrogen (secondary N) is 1. The Kier molecular flexibility index (Phi) is 6.76. The molecule has 0 saturated carbocycles. The molecule has 1 unspecified atom stereocenters. The van der Waals surface area contributed by atoms with Crippen LogP contribution in [0.5, 0.6) is 0 Å². The highest BCUT2D eigenvalue weighted by atomic mass is 16.2. The van der Waals surface area contributed by atoms with Gasteiger partial charge >= 0.3 is 0 Å². The predicted molar refractivity (Wildman–Crippen MR) is 72.1 cm³/mol. The predicted octanol–water partition coefficient (Wildman–Crippen LogP) is 1.94. The molecule has 1 heterocycles. The van der Waals surface area contributed by atoms with Crippen molar-refractivity contribution in [2.45, 2.75) is 52.4 Å². The van der Waals surface area contributed by atoms with Gasteiger partial charge in [0.15, 0.2) is 0 Å². The van der Waals surface area contributed by atoms with Gasteiger partial charge in [-0.1, -0.05) is 20.3 Å². The summed E-state index contributed by atoms with van der Waals surface area (Å²) in [6, 6.07) is 0. The van der Waals surface area contributed by atoms with E-state index in [1.807, 2.05) is 11.8 Å². The molecule has 1 rings (SSSR count). The second kappa shape index (κ2) is 8.11. The van der Waals surface area contributed by atoms with Gasteiger partial charge in [0.2, 0.25) is 11.8 Å². The largest absolute Gasteiger partial charge is 0.356 e. The number of hydrogen-bond donors (Lipinski definition) is 1. The van der Waals surface area contributed by atoms with E-state index >= 15 is 0 Å². The van der Waals surface area contributed by atoms with Crippen molar-refractivity contribution in [3.05, 3.63) is 0 Å². The molecule has 0 aromatic heterocycles. The SMILES string of the molecule is CCCCC(=O)N1CCCC(C(=O)NCCC)C1. The quantitative estimate of drug-likeness (QED) is 0.787. The van der Waals surface area contributed by atoms with Crippen LogP contribution in [0.3, 0.4) is 0 Å². The summed E-state index contributed by atoms with van der Waals surface area (Å²) in [6.45, 7) is 6.30. The first-order valence-corrected chi connectivity index (χ1v) is 7.24. The average Bonchev–Trinajstić information content (AvgIpc) is 2.42. The van der Waals surface area contributed by atoms with Crippen molar-refractivity contribution < 1.29 is 9.59 Å². The number of carbonyl (C=O) groups excluding carboxylic acids is 2. The Balaban J connectivity index is 2.40. The fraction of sp³-hybridized carbons (Fsp3) is 0.857. The first-order chi connectivity index (χ1) is 8.69. The molecule has 18 heavy (non-hydrogen) atoms. The van der Waals surface area contributed by atoms with Crippen LogP contribution in [-0.4, -0.2) is 36.3 Å². The van der Waals surface area contributed by atoms with Crippen LogP contribution in [0, 0.1) is 5.92 Å². The second-order valence-electron chi connectivity index (χ2n) is 5.07. The minimum Gasteiger partial charge on any atom is -0.356 e. The molecule has 4 nitrogen and oxygen atoms in total. The lowest BCUT2D eigenvalue weighted by Gasteiger charge is -2.32. The number of carbonyl (C=O) groups is 2. The number of amides is 2. The Morgan fingerprint density at radius 2 is 2.06 bits per heavy atom. The highest BCUT2D eigenvalue weighted by Crippen LogP contribution is 2.18. The van der Waals surface area contributed by atoms with Crippen molar-refractivity contribution in [2.24, 2.45) is 5.92 Å². The molecule has 4 heteroatoms. The summed E-state index contributed by atoms with van der Waals surface area (Å²) in [6.07, 6.45) is 5.43. The van der Waals surface area contributed by atoms with Crippen molar-refractivity contribution in [2.75, 3.05) is 19.6 Å². The van der Waals surface area contributed by atoms with Gasteiger partial charge in [0.05, 0.1) is 5.92 Å². The van der Waals surface area contributed by atoms with Gasteiger partial charge in [0, 0.05) is 26.1 Å². The summed E-state index contributed by atoms with van der Waals surface area (Å²) >= 11 is 0. The number of rotatable bonds is 6. The summed E-state index contributed by atoms with van der Waals surface area (Å²) in [4.78, 5) is 25.7. The number of unbranched alkanes of at least 4 members (excludes halogenated alkanes) is 1. The summed E-state index contributed by atoms with van der Waals surface area (Å²) in [5.41, 5.74) is 0. The maximum atomic E-state index is 11.9. The van der Waals surface area contributed by atoms with E-state index in [-0.39, 0.29) is 17.7 Å². The molecule has 104 valence electrons. The molecule has 0 aromatic carbocycles. The lowest BCUT2D eigenvalue weighted by Crippen LogP contribution is -2.45. The molecule has 1 fully saturated rings. The zero-order valence-corrected chi connectivity index (χ0v) is 11.7. The van der Waals surface area contributed by atoms with Crippen LogP contribution in [0.1, 0.15) is 52.4 Å². The minimum absolute atomic E-state index is 0.00382. The van der Waals surface area contributed by atoms with E-state index in [9.17, 15) is 9.59 Å². The summed E-state index contributed by atoms with van der Waals surface area (Å²) in [7, 11) is 0. The molecule has 1 N–H and O–H groups in total. The molecule has 0 aromatic rings. The van der Waals surface area contributed by atoms with Gasteiger partial charge in [-0.2, -0.15) is 0 Å². The van der Waals surface area contributed by atoms with Crippen LogP contribution in [-0.2, 0) is 9.59 Å². The topological polar surface area (TPSA) is 49.4 Å². The van der Waals surface area contributed by atoms with Crippen molar-refractivity contribution in [3.8, 4) is 0 Å². The number of hydrogen-bond acceptors (Lipinski definition) is 2. The number of likely N-dealkylation sites (tertiary alicyclic amines) is 1. The van der Waals surface area contributed by atoms with E-state index in [0.29, 0.717) is 13.0 Å². The Bertz CT molecular complexity index is 253. The molecule has 1 aliphatic heterocycles. The van der Waals surface area contributed by atoms with E-state index in [1.165, 1.54) is 0 Å². The van der Waals surface area contributed by atoms with E-state index in [0.717, 1.165) is 45.2 Å². The fourth-order valence-corrected chi connectivity index (χ4v) is 2.30. The van der Waals surface area contributed by atoms with Gasteiger partial charge in [-0.3, -0.25) is 9.59 Å². The zero-order valence-electron chi connectivity index (χ0n) is 11.7. The van der Waals surface area contributed by atoms with Gasteiger partial charge in [0.1, 0.15) is 0 Å². The molecule has 1 atom stereocenters. The Labute approximate surface area is 110 Å². The highest BCUT2D eigenvalue weighted by molar-refractivity contribution is 5.81. The Hall–Kier alpha value is -1.06. The standard InChI is InChI=1S/C14H26N2O2/c1-3-5-8-13(17)16-10-6-7-12(11-16)14(18)15-9-4-2/h12H,3-11H2,1-2H3,(H,15,18). The van der Waals surface area contributed by atoms with E-state index < -0.39 is 0 Å². The Morgan fingerprint density at radius 1 is 1.28 bits per heavy atom. The lowest BCUT2D eigenvalue weighted by molar-refractivity contribution is -0.135. The van der Waals surface area contributed by atoms with Crippen LogP contribution in [0.25, 0.3) is 0 Å². The molecule has 0 aliphatic carbocycles. The van der Waals surface area contributed by atoms with E-state index in [1.54, 1.807) is 0 Å². The number of piperidine rings is 1. The van der Waals surface area contributed by atoms with Gasteiger partial charge in [-0.25, -0.2) is 0 Å². The lowest BCUT2D eigenvalue weighted by atomic mass is 9.96. The first-order valence-electron chi connectivity index (χ1n) is 7.24. The van der Waals surface area contributed by atoms with Gasteiger partial charge < -0.3 is 10.2 Å². The fourth-order valence-electron chi connectivity index (χ4n) is 2.30.